The van der Waals surface area contributed by atoms with Gasteiger partial charge in [0.15, 0.2) is 0 Å². The second-order valence-corrected chi connectivity index (χ2v) is 4.73. The van der Waals surface area contributed by atoms with E-state index >= 15 is 0 Å². The molecular formula is C13H17NO2. The Kier molecular flexibility index (Phi) is 2.48. The molecule has 3 heteroatoms. The zero-order chi connectivity index (χ0) is 11.0. The number of ether oxygens (including phenoxy) is 2. The zero-order valence-electron chi connectivity index (χ0n) is 9.32. The monoisotopic (exact) mass is 219 g/mol. The number of hydrogen-bond donors (Lipinski definition) is 1. The van der Waals surface area contributed by atoms with Crippen LogP contribution in [0.15, 0.2) is 18.2 Å². The summed E-state index contributed by atoms with van der Waals surface area (Å²) in [6.07, 6.45) is 3.98. The van der Waals surface area contributed by atoms with E-state index in [2.05, 4.69) is 0 Å². The van der Waals surface area contributed by atoms with Crippen molar-refractivity contribution in [2.24, 2.45) is 11.7 Å². The van der Waals surface area contributed by atoms with Crippen molar-refractivity contribution in [2.75, 3.05) is 13.2 Å². The van der Waals surface area contributed by atoms with Gasteiger partial charge in [-0.15, -0.1) is 0 Å². The number of nitrogens with two attached hydrogens (primary N) is 1. The first-order chi connectivity index (χ1) is 7.83. The molecule has 1 heterocycles. The lowest BCUT2D eigenvalue weighted by Crippen LogP contribution is -2.19. The van der Waals surface area contributed by atoms with Crippen molar-refractivity contribution >= 4 is 0 Å². The fourth-order valence-corrected chi connectivity index (χ4v) is 2.18. The van der Waals surface area contributed by atoms with Crippen LogP contribution < -0.4 is 15.2 Å². The molecule has 86 valence electrons. The molecule has 0 radical (unpaired) electrons. The summed E-state index contributed by atoms with van der Waals surface area (Å²) < 4.78 is 11.2. The summed E-state index contributed by atoms with van der Waals surface area (Å²) in [6.45, 7) is 1.42. The van der Waals surface area contributed by atoms with E-state index in [1.807, 2.05) is 18.2 Å². The van der Waals surface area contributed by atoms with Crippen molar-refractivity contribution in [1.82, 2.24) is 0 Å². The van der Waals surface area contributed by atoms with Crippen LogP contribution in [0, 0.1) is 5.92 Å². The summed E-state index contributed by atoms with van der Waals surface area (Å²) in [5.41, 5.74) is 6.98. The smallest absolute Gasteiger partial charge is 0.127 e. The summed E-state index contributed by atoms with van der Waals surface area (Å²) in [7, 11) is 0. The van der Waals surface area contributed by atoms with Crippen molar-refractivity contribution in [2.45, 2.75) is 25.3 Å². The largest absolute Gasteiger partial charge is 0.493 e. The molecule has 0 saturated heterocycles. The Bertz CT molecular complexity index is 388. The van der Waals surface area contributed by atoms with Crippen LogP contribution in [0.25, 0.3) is 0 Å². The highest BCUT2D eigenvalue weighted by atomic mass is 16.5. The molecule has 1 fully saturated rings. The average Bonchev–Trinajstić information content (AvgIpc) is 2.58. The SMILES string of the molecule is NC1COc2cc(OCC3CCC3)ccc21. The minimum absolute atomic E-state index is 0.0238. The first-order valence-corrected chi connectivity index (χ1v) is 5.98. The molecule has 3 nitrogen and oxygen atoms in total. The van der Waals surface area contributed by atoms with Gasteiger partial charge in [0, 0.05) is 11.6 Å². The number of benzene rings is 1. The van der Waals surface area contributed by atoms with Gasteiger partial charge in [-0.05, 0) is 30.9 Å². The van der Waals surface area contributed by atoms with E-state index in [1.54, 1.807) is 0 Å². The van der Waals surface area contributed by atoms with Crippen LogP contribution in [0.3, 0.4) is 0 Å². The Morgan fingerprint density at radius 3 is 3.00 bits per heavy atom. The summed E-state index contributed by atoms with van der Waals surface area (Å²) in [6, 6.07) is 5.99. The molecule has 1 saturated carbocycles. The fraction of sp³-hybridized carbons (Fsp3) is 0.538. The van der Waals surface area contributed by atoms with Crippen LogP contribution in [0.1, 0.15) is 30.9 Å². The van der Waals surface area contributed by atoms with Gasteiger partial charge in [0.05, 0.1) is 12.6 Å². The number of rotatable bonds is 3. The number of hydrogen-bond acceptors (Lipinski definition) is 3. The quantitative estimate of drug-likeness (QED) is 0.848. The van der Waals surface area contributed by atoms with Gasteiger partial charge in [0.25, 0.3) is 0 Å². The Hall–Kier alpha value is -1.22. The standard InChI is InChI=1S/C13H17NO2/c14-12-8-16-13-6-10(4-5-11(12)13)15-7-9-2-1-3-9/h4-6,9,12H,1-3,7-8,14H2. The molecule has 1 unspecified atom stereocenters. The lowest BCUT2D eigenvalue weighted by atomic mass is 9.86. The predicted molar refractivity (Wildman–Crippen MR) is 61.7 cm³/mol. The molecular weight excluding hydrogens is 202 g/mol. The molecule has 0 spiro atoms. The first-order valence-electron chi connectivity index (χ1n) is 5.98. The van der Waals surface area contributed by atoms with Crippen LogP contribution in [-0.2, 0) is 0 Å². The lowest BCUT2D eigenvalue weighted by Gasteiger charge is -2.25. The zero-order valence-corrected chi connectivity index (χ0v) is 9.32. The van der Waals surface area contributed by atoms with Crippen LogP contribution in [0.4, 0.5) is 0 Å². The van der Waals surface area contributed by atoms with Crippen LogP contribution in [0.5, 0.6) is 11.5 Å². The van der Waals surface area contributed by atoms with E-state index in [0.717, 1.165) is 29.6 Å². The predicted octanol–water partition coefficient (Wildman–Crippen LogP) is 2.26. The minimum atomic E-state index is 0.0238. The minimum Gasteiger partial charge on any atom is -0.493 e. The van der Waals surface area contributed by atoms with E-state index in [4.69, 9.17) is 15.2 Å². The van der Waals surface area contributed by atoms with Gasteiger partial charge in [-0.2, -0.15) is 0 Å². The third-order valence-corrected chi connectivity index (χ3v) is 3.51. The molecule has 16 heavy (non-hydrogen) atoms. The first kappa shape index (κ1) is 9.97. The summed E-state index contributed by atoms with van der Waals surface area (Å²) in [5.74, 6) is 2.55. The van der Waals surface area contributed by atoms with Gasteiger partial charge in [-0.3, -0.25) is 0 Å². The van der Waals surface area contributed by atoms with Gasteiger partial charge >= 0.3 is 0 Å². The lowest BCUT2D eigenvalue weighted by molar-refractivity contribution is 0.180. The molecule has 1 aromatic rings. The summed E-state index contributed by atoms with van der Waals surface area (Å²) in [5, 5.41) is 0. The third-order valence-electron chi connectivity index (χ3n) is 3.51. The highest BCUT2D eigenvalue weighted by Gasteiger charge is 2.22. The molecule has 1 aliphatic heterocycles. The molecule has 1 aliphatic carbocycles. The van der Waals surface area contributed by atoms with E-state index in [0.29, 0.717) is 6.61 Å². The van der Waals surface area contributed by atoms with Crippen LogP contribution in [-0.4, -0.2) is 13.2 Å². The second kappa shape index (κ2) is 3.98. The molecule has 0 aromatic heterocycles. The summed E-state index contributed by atoms with van der Waals surface area (Å²) in [4.78, 5) is 0. The van der Waals surface area contributed by atoms with Crippen molar-refractivity contribution in [3.05, 3.63) is 23.8 Å². The Balaban J connectivity index is 1.67. The van der Waals surface area contributed by atoms with E-state index in [1.165, 1.54) is 19.3 Å². The van der Waals surface area contributed by atoms with Crippen molar-refractivity contribution in [3.8, 4) is 11.5 Å². The molecule has 0 bridgehead atoms. The second-order valence-electron chi connectivity index (χ2n) is 4.73. The van der Waals surface area contributed by atoms with Gasteiger partial charge in [-0.25, -0.2) is 0 Å². The van der Waals surface area contributed by atoms with Gasteiger partial charge < -0.3 is 15.2 Å². The molecule has 3 rings (SSSR count). The Morgan fingerprint density at radius 2 is 2.25 bits per heavy atom. The Morgan fingerprint density at radius 1 is 1.38 bits per heavy atom. The van der Waals surface area contributed by atoms with Gasteiger partial charge in [-0.1, -0.05) is 6.42 Å². The summed E-state index contributed by atoms with van der Waals surface area (Å²) >= 11 is 0. The number of fused-ring (bicyclic) bond motifs is 1. The normalized spacial score (nSPS) is 23.4. The van der Waals surface area contributed by atoms with Crippen LogP contribution in [0.2, 0.25) is 0 Å². The maximum absolute atomic E-state index is 5.88. The molecule has 2 N–H and O–H groups in total. The fourth-order valence-electron chi connectivity index (χ4n) is 2.18. The molecule has 1 aromatic carbocycles. The average molecular weight is 219 g/mol. The molecule has 0 amide bonds. The molecule has 1 atom stereocenters. The maximum atomic E-state index is 5.88. The molecule has 2 aliphatic rings. The highest BCUT2D eigenvalue weighted by Crippen LogP contribution is 2.34. The van der Waals surface area contributed by atoms with Gasteiger partial charge in [0.1, 0.15) is 18.1 Å². The Labute approximate surface area is 95.5 Å². The van der Waals surface area contributed by atoms with E-state index < -0.39 is 0 Å². The van der Waals surface area contributed by atoms with Crippen molar-refractivity contribution in [3.63, 3.8) is 0 Å². The topological polar surface area (TPSA) is 44.5 Å². The van der Waals surface area contributed by atoms with E-state index in [-0.39, 0.29) is 6.04 Å². The highest BCUT2D eigenvalue weighted by molar-refractivity contribution is 5.44. The van der Waals surface area contributed by atoms with Crippen molar-refractivity contribution in [1.29, 1.82) is 0 Å². The van der Waals surface area contributed by atoms with Crippen molar-refractivity contribution < 1.29 is 9.47 Å². The van der Waals surface area contributed by atoms with Gasteiger partial charge in [0.2, 0.25) is 0 Å². The third kappa shape index (κ3) is 1.76. The van der Waals surface area contributed by atoms with Crippen LogP contribution >= 0.6 is 0 Å². The van der Waals surface area contributed by atoms with E-state index in [9.17, 15) is 0 Å². The maximum Gasteiger partial charge on any atom is 0.127 e.